The maximum absolute atomic E-state index is 4.46. The van der Waals surface area contributed by atoms with Crippen molar-refractivity contribution in [2.45, 2.75) is 19.8 Å². The molecule has 0 bridgehead atoms. The highest BCUT2D eigenvalue weighted by Gasteiger charge is 2.25. The molecule has 2 aliphatic heterocycles. The zero-order valence-corrected chi connectivity index (χ0v) is 14.7. The van der Waals surface area contributed by atoms with Crippen LogP contribution in [0.2, 0.25) is 0 Å². The Morgan fingerprint density at radius 1 is 1.17 bits per heavy atom. The van der Waals surface area contributed by atoms with Crippen LogP contribution in [0.5, 0.6) is 0 Å². The van der Waals surface area contributed by atoms with Crippen LogP contribution >= 0.6 is 0 Å². The van der Waals surface area contributed by atoms with Crippen LogP contribution in [0.1, 0.15) is 18.5 Å². The molecule has 0 N–H and O–H groups in total. The predicted molar refractivity (Wildman–Crippen MR) is 94.4 cm³/mol. The minimum absolute atomic E-state index is 0.735. The third-order valence-electron chi connectivity index (χ3n) is 5.34. The molecule has 2 saturated heterocycles. The Morgan fingerprint density at radius 2 is 2.00 bits per heavy atom. The van der Waals surface area contributed by atoms with Crippen LogP contribution in [0.25, 0.3) is 5.65 Å². The van der Waals surface area contributed by atoms with E-state index in [0.29, 0.717) is 0 Å². The van der Waals surface area contributed by atoms with E-state index in [1.54, 1.807) is 10.8 Å². The van der Waals surface area contributed by atoms with Gasteiger partial charge in [-0.15, -0.1) is 10.2 Å². The van der Waals surface area contributed by atoms with Gasteiger partial charge in [-0.25, -0.2) is 0 Å². The first-order valence-corrected chi connectivity index (χ1v) is 9.02. The van der Waals surface area contributed by atoms with E-state index < -0.39 is 0 Å². The van der Waals surface area contributed by atoms with Crippen LogP contribution in [0.4, 0.5) is 5.69 Å². The van der Waals surface area contributed by atoms with E-state index in [9.17, 15) is 0 Å². The number of piperazine rings is 1. The summed E-state index contributed by atoms with van der Waals surface area (Å²) in [5.74, 6) is 0.735. The van der Waals surface area contributed by atoms with Gasteiger partial charge in [-0.2, -0.15) is 9.61 Å². The minimum atomic E-state index is 0.735. The second-order valence-corrected chi connectivity index (χ2v) is 7.33. The van der Waals surface area contributed by atoms with Crippen molar-refractivity contribution in [2.75, 3.05) is 57.8 Å². The Morgan fingerprint density at radius 3 is 2.83 bits per heavy atom. The molecule has 2 fully saturated rings. The van der Waals surface area contributed by atoms with Crippen molar-refractivity contribution in [2.24, 2.45) is 5.92 Å². The summed E-state index contributed by atoms with van der Waals surface area (Å²) < 4.78 is 1.80. The minimum Gasteiger partial charge on any atom is -0.368 e. The first-order chi connectivity index (χ1) is 11.7. The Hall–Kier alpha value is -1.73. The standard InChI is InChI=1S/C17H27N7/c1-14-10-16(17-19-18-13-24(17)20-14)23-5-3-4-15(12-23)11-22-8-6-21(2)7-9-22/h10,13,15H,3-9,11-12H2,1-2H3. The maximum Gasteiger partial charge on any atom is 0.200 e. The van der Waals surface area contributed by atoms with Gasteiger partial charge >= 0.3 is 0 Å². The van der Waals surface area contributed by atoms with E-state index in [0.717, 1.165) is 30.3 Å². The van der Waals surface area contributed by atoms with Crippen molar-refractivity contribution in [3.8, 4) is 0 Å². The summed E-state index contributed by atoms with van der Waals surface area (Å²) in [7, 11) is 2.22. The van der Waals surface area contributed by atoms with Crippen LogP contribution in [0.15, 0.2) is 12.4 Å². The van der Waals surface area contributed by atoms with Crippen molar-refractivity contribution in [1.29, 1.82) is 0 Å². The van der Waals surface area contributed by atoms with Gasteiger partial charge in [-0.1, -0.05) is 0 Å². The molecule has 0 spiro atoms. The molecule has 0 saturated carbocycles. The van der Waals surface area contributed by atoms with Crippen molar-refractivity contribution in [3.05, 3.63) is 18.1 Å². The number of nitrogens with zero attached hydrogens (tertiary/aromatic N) is 7. The zero-order chi connectivity index (χ0) is 16.5. The molecule has 0 radical (unpaired) electrons. The van der Waals surface area contributed by atoms with Gasteiger partial charge < -0.3 is 14.7 Å². The smallest absolute Gasteiger partial charge is 0.200 e. The summed E-state index contributed by atoms with van der Waals surface area (Å²) in [5, 5.41) is 12.8. The van der Waals surface area contributed by atoms with Gasteiger partial charge in [0, 0.05) is 45.8 Å². The highest BCUT2D eigenvalue weighted by molar-refractivity contribution is 5.68. The predicted octanol–water partition coefficient (Wildman–Crippen LogP) is 0.897. The molecule has 0 aromatic carbocycles. The molecule has 7 nitrogen and oxygen atoms in total. The first-order valence-electron chi connectivity index (χ1n) is 9.02. The lowest BCUT2D eigenvalue weighted by atomic mass is 9.96. The fourth-order valence-corrected chi connectivity index (χ4v) is 3.99. The monoisotopic (exact) mass is 329 g/mol. The lowest BCUT2D eigenvalue weighted by Crippen LogP contribution is -2.48. The van der Waals surface area contributed by atoms with Crippen molar-refractivity contribution >= 4 is 11.3 Å². The second kappa shape index (κ2) is 6.64. The molecular formula is C17H27N7. The topological polar surface area (TPSA) is 52.8 Å². The third-order valence-corrected chi connectivity index (χ3v) is 5.34. The van der Waals surface area contributed by atoms with Gasteiger partial charge in [0.05, 0.1) is 11.4 Å². The number of likely N-dealkylation sites (N-methyl/N-ethyl adjacent to an activating group) is 1. The number of hydrogen-bond donors (Lipinski definition) is 0. The molecule has 2 aromatic rings. The van der Waals surface area contributed by atoms with E-state index in [4.69, 9.17) is 0 Å². The molecule has 7 heteroatoms. The maximum atomic E-state index is 4.46. The molecule has 4 heterocycles. The summed E-state index contributed by atoms with van der Waals surface area (Å²) in [4.78, 5) is 7.55. The highest BCUT2D eigenvalue weighted by atomic mass is 15.4. The molecule has 130 valence electrons. The summed E-state index contributed by atoms with van der Waals surface area (Å²) in [6.45, 7) is 10.3. The van der Waals surface area contributed by atoms with E-state index in [2.05, 4.69) is 43.1 Å². The van der Waals surface area contributed by atoms with Gasteiger partial charge in [0.25, 0.3) is 0 Å². The van der Waals surface area contributed by atoms with Gasteiger partial charge in [-0.3, -0.25) is 0 Å². The lowest BCUT2D eigenvalue weighted by Gasteiger charge is -2.39. The van der Waals surface area contributed by atoms with E-state index >= 15 is 0 Å². The van der Waals surface area contributed by atoms with Crippen LogP contribution in [-0.4, -0.2) is 82.5 Å². The zero-order valence-electron chi connectivity index (χ0n) is 14.7. The SMILES string of the molecule is Cc1cc(N2CCCC(CN3CCN(C)CC3)C2)c2nncn2n1. The molecule has 24 heavy (non-hydrogen) atoms. The third kappa shape index (κ3) is 3.23. The Labute approximate surface area is 143 Å². The van der Waals surface area contributed by atoms with Gasteiger partial charge in [0.15, 0.2) is 0 Å². The summed E-state index contributed by atoms with van der Waals surface area (Å²) in [6, 6.07) is 2.16. The normalized spacial score (nSPS) is 23.9. The molecule has 1 atom stereocenters. The molecule has 4 rings (SSSR count). The van der Waals surface area contributed by atoms with E-state index in [1.807, 2.05) is 6.92 Å². The second-order valence-electron chi connectivity index (χ2n) is 7.33. The number of fused-ring (bicyclic) bond motifs is 1. The summed E-state index contributed by atoms with van der Waals surface area (Å²) >= 11 is 0. The van der Waals surface area contributed by atoms with Gasteiger partial charge in [0.2, 0.25) is 5.65 Å². The molecule has 1 unspecified atom stereocenters. The van der Waals surface area contributed by atoms with Crippen LogP contribution in [0.3, 0.4) is 0 Å². The molecule has 2 aromatic heterocycles. The van der Waals surface area contributed by atoms with Gasteiger partial charge in [0.1, 0.15) is 6.33 Å². The van der Waals surface area contributed by atoms with Crippen LogP contribution in [0, 0.1) is 12.8 Å². The largest absolute Gasteiger partial charge is 0.368 e. The van der Waals surface area contributed by atoms with E-state index in [-0.39, 0.29) is 0 Å². The molecule has 2 aliphatic rings. The molecular weight excluding hydrogens is 302 g/mol. The van der Waals surface area contributed by atoms with Crippen LogP contribution < -0.4 is 4.90 Å². The number of anilines is 1. The summed E-state index contributed by atoms with van der Waals surface area (Å²) in [5.41, 5.74) is 3.07. The average Bonchev–Trinajstić information content (AvgIpc) is 3.05. The summed E-state index contributed by atoms with van der Waals surface area (Å²) in [6.07, 6.45) is 4.27. The van der Waals surface area contributed by atoms with Crippen LogP contribution in [-0.2, 0) is 0 Å². The fourth-order valence-electron chi connectivity index (χ4n) is 3.99. The molecule has 0 aliphatic carbocycles. The van der Waals surface area contributed by atoms with Crippen molar-refractivity contribution < 1.29 is 0 Å². The number of aryl methyl sites for hydroxylation is 1. The number of aromatic nitrogens is 4. The Balaban J connectivity index is 1.47. The Bertz CT molecular complexity index is 689. The average molecular weight is 329 g/mol. The fraction of sp³-hybridized carbons (Fsp3) is 0.706. The van der Waals surface area contributed by atoms with Crippen molar-refractivity contribution in [1.82, 2.24) is 29.6 Å². The Kier molecular flexibility index (Phi) is 4.37. The number of rotatable bonds is 3. The van der Waals surface area contributed by atoms with Crippen molar-refractivity contribution in [3.63, 3.8) is 0 Å². The quantitative estimate of drug-likeness (QED) is 0.834. The first kappa shape index (κ1) is 15.8. The number of hydrogen-bond acceptors (Lipinski definition) is 6. The number of piperidine rings is 1. The van der Waals surface area contributed by atoms with E-state index in [1.165, 1.54) is 51.3 Å². The molecule has 0 amide bonds. The highest BCUT2D eigenvalue weighted by Crippen LogP contribution is 2.27. The lowest BCUT2D eigenvalue weighted by molar-refractivity contribution is 0.131. The van der Waals surface area contributed by atoms with Gasteiger partial charge in [-0.05, 0) is 38.8 Å².